The largest absolute Gasteiger partial charge is 0.496 e. The van der Waals surface area contributed by atoms with Gasteiger partial charge in [0.05, 0.1) is 7.11 Å². The molecule has 0 unspecified atom stereocenters. The van der Waals surface area contributed by atoms with Crippen molar-refractivity contribution < 1.29 is 18.9 Å². The summed E-state index contributed by atoms with van der Waals surface area (Å²) in [5, 5.41) is 0. The second kappa shape index (κ2) is 12.4. The summed E-state index contributed by atoms with van der Waals surface area (Å²) in [7, 11) is 5.20. The van der Waals surface area contributed by atoms with E-state index in [4.69, 9.17) is 18.9 Å². The first-order chi connectivity index (χ1) is 18.6. The predicted octanol–water partition coefficient (Wildman–Crippen LogP) is 7.21. The van der Waals surface area contributed by atoms with Gasteiger partial charge in [-0.05, 0) is 66.6 Å². The predicted molar refractivity (Wildman–Crippen MR) is 156 cm³/mol. The molecule has 38 heavy (non-hydrogen) atoms. The third kappa shape index (κ3) is 5.78. The van der Waals surface area contributed by atoms with Crippen LogP contribution in [0, 0.1) is 5.92 Å². The van der Waals surface area contributed by atoms with Crippen LogP contribution >= 0.6 is 15.9 Å². The molecule has 3 aromatic carbocycles. The normalized spacial score (nSPS) is 16.1. The van der Waals surface area contributed by atoms with Crippen molar-refractivity contribution in [3.05, 3.63) is 93.5 Å². The summed E-state index contributed by atoms with van der Waals surface area (Å²) in [6.45, 7) is 2.50. The highest BCUT2D eigenvalue weighted by atomic mass is 79.9. The molecule has 1 heterocycles. The molecule has 1 aliphatic heterocycles. The minimum Gasteiger partial charge on any atom is -0.496 e. The molecule has 1 saturated heterocycles. The van der Waals surface area contributed by atoms with E-state index in [1.165, 1.54) is 32.4 Å². The van der Waals surface area contributed by atoms with Gasteiger partial charge in [-0.25, -0.2) is 0 Å². The third-order valence-electron chi connectivity index (χ3n) is 7.69. The molecule has 6 heteroatoms. The van der Waals surface area contributed by atoms with Crippen molar-refractivity contribution in [1.29, 1.82) is 0 Å². The zero-order chi connectivity index (χ0) is 26.5. The van der Waals surface area contributed by atoms with Crippen LogP contribution in [0.5, 0.6) is 11.5 Å². The number of rotatable bonds is 9. The molecule has 0 saturated carbocycles. The molecule has 0 N–H and O–H groups in total. The maximum atomic E-state index is 6.12. The first-order valence-electron chi connectivity index (χ1n) is 13.3. The number of allylic oxidation sites excluding steroid dienone is 1. The van der Waals surface area contributed by atoms with E-state index in [0.29, 0.717) is 12.5 Å². The molecule has 0 aromatic heterocycles. The Morgan fingerprint density at radius 1 is 0.868 bits per heavy atom. The summed E-state index contributed by atoms with van der Waals surface area (Å²) >= 11 is 3.89. The van der Waals surface area contributed by atoms with Crippen LogP contribution in [0.1, 0.15) is 41.5 Å². The van der Waals surface area contributed by atoms with Crippen LogP contribution in [0.3, 0.4) is 0 Å². The Hall–Kier alpha value is -2.80. The summed E-state index contributed by atoms with van der Waals surface area (Å²) in [5.74, 6) is 2.21. The van der Waals surface area contributed by atoms with Crippen molar-refractivity contribution in [2.24, 2.45) is 5.92 Å². The number of anilines is 1. The van der Waals surface area contributed by atoms with Gasteiger partial charge in [0.2, 0.25) is 0 Å². The van der Waals surface area contributed by atoms with Crippen molar-refractivity contribution in [2.45, 2.75) is 38.6 Å². The quantitative estimate of drug-likeness (QED) is 0.251. The molecule has 5 rings (SSSR count). The zero-order valence-corrected chi connectivity index (χ0v) is 24.0. The standard InChI is InChI=1S/C32H36BrNO4/c1-35-30-20-25(34-17-15-23(16-18-34)32(36-2)37-3)10-12-28(30)31-27-13-11-26(19-24(27)9-14-29(31)33)38-21-22-7-5-4-6-8-22/h4-8,10-13,19-20,23,32H,9,14-18,21H2,1-3H3. The Morgan fingerprint density at radius 2 is 1.61 bits per heavy atom. The van der Waals surface area contributed by atoms with E-state index >= 15 is 0 Å². The number of hydrogen-bond donors (Lipinski definition) is 0. The molecule has 5 nitrogen and oxygen atoms in total. The molecule has 0 atom stereocenters. The van der Waals surface area contributed by atoms with Crippen molar-refractivity contribution in [3.63, 3.8) is 0 Å². The molecule has 0 radical (unpaired) electrons. The maximum absolute atomic E-state index is 6.12. The van der Waals surface area contributed by atoms with Crippen LogP contribution in [-0.4, -0.2) is 40.7 Å². The van der Waals surface area contributed by atoms with Crippen molar-refractivity contribution >= 4 is 27.2 Å². The summed E-state index contributed by atoms with van der Waals surface area (Å²) in [6, 6.07) is 23.3. The van der Waals surface area contributed by atoms with Crippen LogP contribution in [0.15, 0.2) is 71.2 Å². The highest BCUT2D eigenvalue weighted by Gasteiger charge is 2.28. The number of halogens is 1. The lowest BCUT2D eigenvalue weighted by Gasteiger charge is -2.36. The Morgan fingerprint density at radius 3 is 2.32 bits per heavy atom. The van der Waals surface area contributed by atoms with Gasteiger partial charge in [-0.1, -0.05) is 52.3 Å². The van der Waals surface area contributed by atoms with Gasteiger partial charge in [-0.2, -0.15) is 0 Å². The van der Waals surface area contributed by atoms with Gasteiger partial charge in [0.1, 0.15) is 18.1 Å². The zero-order valence-electron chi connectivity index (χ0n) is 22.4. The van der Waals surface area contributed by atoms with Gasteiger partial charge in [-0.3, -0.25) is 0 Å². The van der Waals surface area contributed by atoms with Crippen LogP contribution in [0.25, 0.3) is 5.57 Å². The number of aryl methyl sites for hydroxylation is 1. The van der Waals surface area contributed by atoms with Crippen LogP contribution < -0.4 is 14.4 Å². The molecule has 0 amide bonds. The average Bonchev–Trinajstić information content (AvgIpc) is 2.97. The molecular formula is C32H36BrNO4. The van der Waals surface area contributed by atoms with Gasteiger partial charge in [0.15, 0.2) is 6.29 Å². The Balaban J connectivity index is 1.35. The molecular weight excluding hydrogens is 542 g/mol. The van der Waals surface area contributed by atoms with Crippen molar-refractivity contribution in [1.82, 2.24) is 0 Å². The minimum absolute atomic E-state index is 0.131. The Bertz CT molecular complexity index is 1260. The molecule has 200 valence electrons. The summed E-state index contributed by atoms with van der Waals surface area (Å²) in [4.78, 5) is 2.43. The lowest BCUT2D eigenvalue weighted by atomic mass is 9.86. The molecule has 1 fully saturated rings. The Kier molecular flexibility index (Phi) is 8.72. The lowest BCUT2D eigenvalue weighted by molar-refractivity contribution is -0.141. The number of fused-ring (bicyclic) bond motifs is 1. The third-order valence-corrected chi connectivity index (χ3v) is 8.48. The van der Waals surface area contributed by atoms with Gasteiger partial charge in [0, 0.05) is 60.6 Å². The lowest BCUT2D eigenvalue weighted by Crippen LogP contribution is -2.39. The smallest absolute Gasteiger partial charge is 0.159 e. The fourth-order valence-electron chi connectivity index (χ4n) is 5.65. The van der Waals surface area contributed by atoms with Gasteiger partial charge >= 0.3 is 0 Å². The molecule has 2 aliphatic rings. The number of hydrogen-bond acceptors (Lipinski definition) is 5. The number of piperidine rings is 1. The van der Waals surface area contributed by atoms with Crippen LogP contribution in [-0.2, 0) is 22.5 Å². The molecule has 0 bridgehead atoms. The minimum atomic E-state index is -0.131. The number of methoxy groups -OCH3 is 3. The van der Waals surface area contributed by atoms with E-state index in [-0.39, 0.29) is 6.29 Å². The average molecular weight is 579 g/mol. The number of benzene rings is 3. The topological polar surface area (TPSA) is 40.2 Å². The Labute approximate surface area is 234 Å². The summed E-state index contributed by atoms with van der Waals surface area (Å²) in [6.07, 6.45) is 3.86. The van der Waals surface area contributed by atoms with Gasteiger partial charge in [0.25, 0.3) is 0 Å². The van der Waals surface area contributed by atoms with Crippen LogP contribution in [0.2, 0.25) is 0 Å². The van der Waals surface area contributed by atoms with Crippen molar-refractivity contribution in [3.8, 4) is 11.5 Å². The van der Waals surface area contributed by atoms with Crippen LogP contribution in [0.4, 0.5) is 5.69 Å². The molecule has 0 spiro atoms. The van der Waals surface area contributed by atoms with Gasteiger partial charge < -0.3 is 23.8 Å². The summed E-state index contributed by atoms with van der Waals surface area (Å²) < 4.78 is 24.3. The van der Waals surface area contributed by atoms with Gasteiger partial charge in [-0.15, -0.1) is 0 Å². The highest BCUT2D eigenvalue weighted by Crippen LogP contribution is 2.44. The van der Waals surface area contributed by atoms with E-state index in [2.05, 4.69) is 69.4 Å². The first-order valence-corrected chi connectivity index (χ1v) is 14.1. The maximum Gasteiger partial charge on any atom is 0.159 e. The SMILES string of the molecule is COc1cc(N2CCC(C(OC)OC)CC2)ccc1C1=C(Br)CCc2cc(OCc3ccccc3)ccc21. The number of ether oxygens (including phenoxy) is 4. The molecule has 3 aromatic rings. The van der Waals surface area contributed by atoms with E-state index in [1.54, 1.807) is 21.3 Å². The van der Waals surface area contributed by atoms with E-state index < -0.39 is 0 Å². The first kappa shape index (κ1) is 26.8. The fourth-order valence-corrected chi connectivity index (χ4v) is 6.28. The monoisotopic (exact) mass is 577 g/mol. The fraction of sp³-hybridized carbons (Fsp3) is 0.375. The highest BCUT2D eigenvalue weighted by molar-refractivity contribution is 9.11. The van der Waals surface area contributed by atoms with E-state index in [1.807, 2.05) is 18.2 Å². The van der Waals surface area contributed by atoms with Crippen molar-refractivity contribution in [2.75, 3.05) is 39.3 Å². The van der Waals surface area contributed by atoms with E-state index in [9.17, 15) is 0 Å². The number of nitrogens with zero attached hydrogens (tertiary/aromatic N) is 1. The summed E-state index contributed by atoms with van der Waals surface area (Å²) in [5.41, 5.74) is 7.19. The van der Waals surface area contributed by atoms with E-state index in [0.717, 1.165) is 55.8 Å². The molecule has 1 aliphatic carbocycles. The second-order valence-corrected chi connectivity index (χ2v) is 10.9. The second-order valence-electron chi connectivity index (χ2n) is 9.92.